The lowest BCUT2D eigenvalue weighted by Crippen LogP contribution is -2.13. The lowest BCUT2D eigenvalue weighted by Gasteiger charge is -2.00. The summed E-state index contributed by atoms with van der Waals surface area (Å²) in [5, 5.41) is 13.8. The summed E-state index contributed by atoms with van der Waals surface area (Å²) in [6.45, 7) is 1.93. The van der Waals surface area contributed by atoms with Gasteiger partial charge in [-0.05, 0) is 41.4 Å². The van der Waals surface area contributed by atoms with Crippen LogP contribution in [0, 0.1) is 11.3 Å². The highest BCUT2D eigenvalue weighted by Gasteiger charge is 1.96. The molecule has 1 aromatic rings. The third-order valence-electron chi connectivity index (χ3n) is 1.81. The fourth-order valence-electron chi connectivity index (χ4n) is 1.11. The van der Waals surface area contributed by atoms with Crippen LogP contribution in [0.3, 0.4) is 0 Å². The van der Waals surface area contributed by atoms with Crippen molar-refractivity contribution in [2.75, 3.05) is 6.54 Å². The summed E-state index contributed by atoms with van der Waals surface area (Å²) < 4.78 is 1.16. The Bertz CT molecular complexity index is 303. The normalized spacial score (nSPS) is 10.0. The first-order valence-corrected chi connectivity index (χ1v) is 6.31. The lowest BCUT2D eigenvalue weighted by molar-refractivity contribution is 0.632. The number of nitrogens with zero attached hydrogens (tertiary/aromatic N) is 1. The zero-order valence-corrected chi connectivity index (χ0v) is 10.3. The molecule has 0 aliphatic carbocycles. The van der Waals surface area contributed by atoms with Crippen LogP contribution >= 0.6 is 27.3 Å². The van der Waals surface area contributed by atoms with E-state index in [2.05, 4.69) is 38.8 Å². The third kappa shape index (κ3) is 4.75. The molecule has 0 spiro atoms. The molecule has 1 heterocycles. The summed E-state index contributed by atoms with van der Waals surface area (Å²) in [5.74, 6) is 0. The molecule has 2 nitrogen and oxygen atoms in total. The molecular formula is C10H13BrN2S. The summed E-state index contributed by atoms with van der Waals surface area (Å²) in [6.07, 6.45) is 2.75. The first kappa shape index (κ1) is 11.7. The molecule has 14 heavy (non-hydrogen) atoms. The number of nitrogens with one attached hydrogen (secondary N) is 1. The summed E-state index contributed by atoms with van der Waals surface area (Å²) in [7, 11) is 0. The van der Waals surface area contributed by atoms with E-state index in [1.165, 1.54) is 4.88 Å². The largest absolute Gasteiger partial charge is 0.312 e. The first-order valence-electron chi connectivity index (χ1n) is 4.63. The minimum atomic E-state index is 0.673. The van der Waals surface area contributed by atoms with Crippen molar-refractivity contribution < 1.29 is 0 Å². The van der Waals surface area contributed by atoms with E-state index in [1.54, 1.807) is 11.3 Å². The van der Waals surface area contributed by atoms with Crippen LogP contribution in [0.15, 0.2) is 15.9 Å². The number of thiophene rings is 1. The Morgan fingerprint density at radius 1 is 1.50 bits per heavy atom. The maximum absolute atomic E-state index is 8.33. The molecule has 0 radical (unpaired) electrons. The molecule has 4 heteroatoms. The van der Waals surface area contributed by atoms with Gasteiger partial charge in [-0.1, -0.05) is 0 Å². The van der Waals surface area contributed by atoms with Gasteiger partial charge in [0.25, 0.3) is 0 Å². The van der Waals surface area contributed by atoms with Crippen molar-refractivity contribution in [1.82, 2.24) is 5.32 Å². The molecule has 0 bridgehead atoms. The Hall–Kier alpha value is -0.370. The van der Waals surface area contributed by atoms with E-state index < -0.39 is 0 Å². The molecule has 0 saturated heterocycles. The van der Waals surface area contributed by atoms with E-state index >= 15 is 0 Å². The van der Waals surface area contributed by atoms with Crippen LogP contribution in [0.4, 0.5) is 0 Å². The molecular weight excluding hydrogens is 260 g/mol. The number of hydrogen-bond donors (Lipinski definition) is 1. The number of hydrogen-bond acceptors (Lipinski definition) is 3. The van der Waals surface area contributed by atoms with Crippen molar-refractivity contribution in [3.63, 3.8) is 0 Å². The Balaban J connectivity index is 2.02. The van der Waals surface area contributed by atoms with Crippen LogP contribution < -0.4 is 5.32 Å². The Kier molecular flexibility index (Phi) is 5.85. The van der Waals surface area contributed by atoms with Crippen LogP contribution in [0.5, 0.6) is 0 Å². The smallest absolute Gasteiger partial charge is 0.0621 e. The quantitative estimate of drug-likeness (QED) is 0.807. The number of rotatable bonds is 6. The minimum Gasteiger partial charge on any atom is -0.312 e. The van der Waals surface area contributed by atoms with Gasteiger partial charge in [0, 0.05) is 27.7 Å². The van der Waals surface area contributed by atoms with Gasteiger partial charge in [0.05, 0.1) is 6.07 Å². The van der Waals surface area contributed by atoms with E-state index in [4.69, 9.17) is 5.26 Å². The van der Waals surface area contributed by atoms with E-state index in [0.29, 0.717) is 6.42 Å². The molecule has 0 aliphatic rings. The van der Waals surface area contributed by atoms with E-state index in [-0.39, 0.29) is 0 Å². The van der Waals surface area contributed by atoms with Crippen molar-refractivity contribution in [3.8, 4) is 6.07 Å². The monoisotopic (exact) mass is 272 g/mol. The molecule has 0 amide bonds. The molecule has 0 aliphatic heterocycles. The fourth-order valence-corrected chi connectivity index (χ4v) is 2.53. The first-order chi connectivity index (χ1) is 6.83. The molecule has 76 valence electrons. The van der Waals surface area contributed by atoms with E-state index in [1.807, 2.05) is 0 Å². The van der Waals surface area contributed by atoms with Crippen molar-refractivity contribution in [3.05, 3.63) is 20.8 Å². The zero-order valence-electron chi connectivity index (χ0n) is 7.92. The van der Waals surface area contributed by atoms with Gasteiger partial charge in [-0.15, -0.1) is 11.3 Å². The molecule has 0 atom stereocenters. The second-order valence-corrected chi connectivity index (χ2v) is 4.93. The Morgan fingerprint density at radius 2 is 2.36 bits per heavy atom. The maximum Gasteiger partial charge on any atom is 0.0621 e. The van der Waals surface area contributed by atoms with Crippen molar-refractivity contribution in [2.24, 2.45) is 0 Å². The molecule has 1 N–H and O–H groups in total. The average Bonchev–Trinajstić information content (AvgIpc) is 2.58. The third-order valence-corrected chi connectivity index (χ3v) is 3.51. The van der Waals surface area contributed by atoms with Gasteiger partial charge in [0.1, 0.15) is 0 Å². The Morgan fingerprint density at radius 3 is 3.00 bits per heavy atom. The highest BCUT2D eigenvalue weighted by atomic mass is 79.9. The van der Waals surface area contributed by atoms with Gasteiger partial charge in [0.15, 0.2) is 0 Å². The van der Waals surface area contributed by atoms with Crippen LogP contribution in [0.25, 0.3) is 0 Å². The van der Waals surface area contributed by atoms with Gasteiger partial charge >= 0.3 is 0 Å². The van der Waals surface area contributed by atoms with Crippen LogP contribution in [0.1, 0.15) is 24.1 Å². The van der Waals surface area contributed by atoms with Gasteiger partial charge in [-0.25, -0.2) is 0 Å². The summed E-state index contributed by atoms with van der Waals surface area (Å²) in [6, 6.07) is 4.28. The lowest BCUT2D eigenvalue weighted by atomic mass is 10.2. The van der Waals surface area contributed by atoms with Crippen molar-refractivity contribution >= 4 is 27.3 Å². The van der Waals surface area contributed by atoms with E-state index in [9.17, 15) is 0 Å². The highest BCUT2D eigenvalue weighted by Crippen LogP contribution is 2.19. The zero-order chi connectivity index (χ0) is 10.2. The minimum absolute atomic E-state index is 0.673. The number of unbranched alkanes of at least 4 members (excludes halogenated alkanes) is 2. The van der Waals surface area contributed by atoms with Gasteiger partial charge in [-0.3, -0.25) is 0 Å². The Labute approximate surface area is 97.1 Å². The van der Waals surface area contributed by atoms with E-state index in [0.717, 1.165) is 30.4 Å². The summed E-state index contributed by atoms with van der Waals surface area (Å²) in [4.78, 5) is 1.34. The van der Waals surface area contributed by atoms with Crippen LogP contribution in [-0.2, 0) is 6.54 Å². The molecule has 0 saturated carbocycles. The van der Waals surface area contributed by atoms with Crippen LogP contribution in [-0.4, -0.2) is 6.54 Å². The average molecular weight is 273 g/mol. The number of nitriles is 1. The maximum atomic E-state index is 8.33. The fraction of sp³-hybridized carbons (Fsp3) is 0.500. The molecule has 1 aromatic heterocycles. The van der Waals surface area contributed by atoms with Gasteiger partial charge in [-0.2, -0.15) is 5.26 Å². The van der Waals surface area contributed by atoms with Crippen LogP contribution in [0.2, 0.25) is 0 Å². The highest BCUT2D eigenvalue weighted by molar-refractivity contribution is 9.10. The predicted molar refractivity (Wildman–Crippen MR) is 63.2 cm³/mol. The molecule has 0 fully saturated rings. The predicted octanol–water partition coefficient (Wildman–Crippen LogP) is 3.29. The molecule has 0 aromatic carbocycles. The second-order valence-electron chi connectivity index (χ2n) is 3.02. The molecule has 0 unspecified atom stereocenters. The topological polar surface area (TPSA) is 35.8 Å². The van der Waals surface area contributed by atoms with Gasteiger partial charge in [0.2, 0.25) is 0 Å². The standard InChI is InChI=1S/C10H13BrN2S/c11-9-6-10(14-8-9)7-13-5-3-1-2-4-12/h6,8,13H,1-3,5,7H2. The summed E-state index contributed by atoms with van der Waals surface area (Å²) in [5.41, 5.74) is 0. The van der Waals surface area contributed by atoms with Crippen molar-refractivity contribution in [2.45, 2.75) is 25.8 Å². The van der Waals surface area contributed by atoms with Gasteiger partial charge < -0.3 is 5.32 Å². The number of halogens is 1. The SMILES string of the molecule is N#CCCCCNCc1cc(Br)cs1. The second kappa shape index (κ2) is 6.99. The van der Waals surface area contributed by atoms with Crippen molar-refractivity contribution in [1.29, 1.82) is 5.26 Å². The summed E-state index contributed by atoms with van der Waals surface area (Å²) >= 11 is 5.18. The molecule has 1 rings (SSSR count).